The van der Waals surface area contributed by atoms with Crippen LogP contribution < -0.4 is 16.4 Å². The van der Waals surface area contributed by atoms with Gasteiger partial charge >= 0.3 is 0 Å². The highest BCUT2D eigenvalue weighted by Gasteiger charge is 2.28. The lowest BCUT2D eigenvalue weighted by atomic mass is 9.95. The fourth-order valence-electron chi connectivity index (χ4n) is 2.01. The summed E-state index contributed by atoms with van der Waals surface area (Å²) in [5.41, 5.74) is 6.39. The third-order valence-corrected chi connectivity index (χ3v) is 3.40. The van der Waals surface area contributed by atoms with E-state index in [1.165, 1.54) is 0 Å². The molecule has 2 amide bonds. The minimum Gasteiger partial charge on any atom is -0.383 e. The fourth-order valence-corrected chi connectivity index (χ4v) is 2.01. The average Bonchev–Trinajstić information content (AvgIpc) is 2.36. The van der Waals surface area contributed by atoms with Gasteiger partial charge in [0.15, 0.2) is 0 Å². The number of aromatic nitrogens is 2. The van der Waals surface area contributed by atoms with Crippen molar-refractivity contribution in [2.45, 2.75) is 52.0 Å². The van der Waals surface area contributed by atoms with E-state index < -0.39 is 6.04 Å². The number of imide groups is 1. The Balaban J connectivity index is 2.29. The summed E-state index contributed by atoms with van der Waals surface area (Å²) in [4.78, 5) is 31.8. The Bertz CT molecular complexity index is 592. The topological polar surface area (TPSA) is 110 Å². The lowest BCUT2D eigenvalue weighted by molar-refractivity contribution is -0.133. The summed E-state index contributed by atoms with van der Waals surface area (Å²) in [5, 5.41) is 5.39. The van der Waals surface area contributed by atoms with Gasteiger partial charge in [-0.2, -0.15) is 0 Å². The predicted molar refractivity (Wildman–Crippen MR) is 79.7 cm³/mol. The van der Waals surface area contributed by atoms with Crippen molar-refractivity contribution >= 4 is 23.5 Å². The van der Waals surface area contributed by atoms with Gasteiger partial charge in [0.1, 0.15) is 23.5 Å². The molecule has 0 aliphatic carbocycles. The van der Waals surface area contributed by atoms with Gasteiger partial charge in [0.05, 0.1) is 0 Å². The molecular weight excluding hydrogens is 270 g/mol. The molecule has 2 rings (SSSR count). The molecule has 1 unspecified atom stereocenters. The number of carbonyl (C=O) groups excluding carboxylic acids is 2. The van der Waals surface area contributed by atoms with Crippen LogP contribution in [0.15, 0.2) is 0 Å². The van der Waals surface area contributed by atoms with Crippen molar-refractivity contribution in [2.75, 3.05) is 11.1 Å². The Morgan fingerprint density at radius 3 is 2.52 bits per heavy atom. The number of nitrogens with zero attached hydrogens (tertiary/aromatic N) is 2. The number of nitrogen functional groups attached to an aromatic ring is 1. The molecule has 2 heterocycles. The van der Waals surface area contributed by atoms with Gasteiger partial charge in [-0.3, -0.25) is 14.9 Å². The molecule has 0 radical (unpaired) electrons. The Morgan fingerprint density at radius 2 is 1.95 bits per heavy atom. The quantitative estimate of drug-likeness (QED) is 0.698. The van der Waals surface area contributed by atoms with Crippen molar-refractivity contribution in [1.29, 1.82) is 0 Å². The average molecular weight is 291 g/mol. The summed E-state index contributed by atoms with van der Waals surface area (Å²) in [5.74, 6) is 0.972. The van der Waals surface area contributed by atoms with E-state index in [0.29, 0.717) is 35.9 Å². The molecule has 0 saturated carbocycles. The SMILES string of the molecule is Cc1c(N)nc(C(C)(C)C)nc1NC1CCC(=O)NC1=O. The summed E-state index contributed by atoms with van der Waals surface area (Å²) >= 11 is 0. The van der Waals surface area contributed by atoms with E-state index in [-0.39, 0.29) is 17.2 Å². The predicted octanol–water partition coefficient (Wildman–Crippen LogP) is 0.882. The number of anilines is 2. The number of hydrogen-bond acceptors (Lipinski definition) is 6. The van der Waals surface area contributed by atoms with Gasteiger partial charge in [-0.1, -0.05) is 20.8 Å². The molecule has 1 atom stereocenters. The third kappa shape index (κ3) is 3.29. The Kier molecular flexibility index (Phi) is 3.85. The van der Waals surface area contributed by atoms with E-state index in [4.69, 9.17) is 5.73 Å². The Morgan fingerprint density at radius 1 is 1.29 bits per heavy atom. The smallest absolute Gasteiger partial charge is 0.249 e. The first kappa shape index (κ1) is 15.2. The molecule has 1 aromatic rings. The lowest BCUT2D eigenvalue weighted by Crippen LogP contribution is -2.47. The van der Waals surface area contributed by atoms with Crippen molar-refractivity contribution in [3.63, 3.8) is 0 Å². The van der Waals surface area contributed by atoms with Gasteiger partial charge in [0.2, 0.25) is 11.8 Å². The summed E-state index contributed by atoms with van der Waals surface area (Å²) in [6.45, 7) is 7.78. The third-order valence-electron chi connectivity index (χ3n) is 3.40. The second-order valence-corrected chi connectivity index (χ2v) is 6.30. The van der Waals surface area contributed by atoms with Crippen molar-refractivity contribution in [3.8, 4) is 0 Å². The van der Waals surface area contributed by atoms with Gasteiger partial charge < -0.3 is 11.1 Å². The largest absolute Gasteiger partial charge is 0.383 e. The van der Waals surface area contributed by atoms with Crippen molar-refractivity contribution in [3.05, 3.63) is 11.4 Å². The first-order chi connectivity index (χ1) is 9.68. The zero-order valence-corrected chi connectivity index (χ0v) is 12.8. The Labute approximate surface area is 123 Å². The summed E-state index contributed by atoms with van der Waals surface area (Å²) in [7, 11) is 0. The van der Waals surface area contributed by atoms with Crippen LogP contribution in [-0.2, 0) is 15.0 Å². The van der Waals surface area contributed by atoms with Crippen molar-refractivity contribution in [1.82, 2.24) is 15.3 Å². The highest BCUT2D eigenvalue weighted by atomic mass is 16.2. The lowest BCUT2D eigenvalue weighted by Gasteiger charge is -2.25. The molecular formula is C14H21N5O2. The molecule has 0 aromatic carbocycles. The molecule has 1 fully saturated rings. The summed E-state index contributed by atoms with van der Waals surface area (Å²) in [6, 6.07) is -0.483. The van der Waals surface area contributed by atoms with Gasteiger partial charge in [-0.25, -0.2) is 9.97 Å². The number of carbonyl (C=O) groups is 2. The maximum Gasteiger partial charge on any atom is 0.249 e. The molecule has 0 bridgehead atoms. The molecule has 4 N–H and O–H groups in total. The van der Waals surface area contributed by atoms with E-state index in [1.807, 2.05) is 20.8 Å². The summed E-state index contributed by atoms with van der Waals surface area (Å²) in [6.07, 6.45) is 0.758. The van der Waals surface area contributed by atoms with E-state index in [0.717, 1.165) is 0 Å². The van der Waals surface area contributed by atoms with Crippen LogP contribution in [0.4, 0.5) is 11.6 Å². The molecule has 1 aromatic heterocycles. The number of nitrogens with one attached hydrogen (secondary N) is 2. The number of hydrogen-bond donors (Lipinski definition) is 3. The molecule has 21 heavy (non-hydrogen) atoms. The van der Waals surface area contributed by atoms with Crippen molar-refractivity contribution < 1.29 is 9.59 Å². The number of nitrogens with two attached hydrogens (primary N) is 1. The highest BCUT2D eigenvalue weighted by molar-refractivity contribution is 6.01. The number of amides is 2. The van der Waals surface area contributed by atoms with Crippen LogP contribution in [0.5, 0.6) is 0 Å². The molecule has 1 saturated heterocycles. The molecule has 7 nitrogen and oxygen atoms in total. The molecule has 0 spiro atoms. The molecule has 1 aliphatic heterocycles. The van der Waals surface area contributed by atoms with Crippen LogP contribution in [0, 0.1) is 6.92 Å². The van der Waals surface area contributed by atoms with Gasteiger partial charge in [0.25, 0.3) is 0 Å². The summed E-state index contributed by atoms with van der Waals surface area (Å²) < 4.78 is 0. The second-order valence-electron chi connectivity index (χ2n) is 6.30. The second kappa shape index (κ2) is 5.31. The number of rotatable bonds is 2. The van der Waals surface area contributed by atoms with Gasteiger partial charge in [0, 0.05) is 17.4 Å². The van der Waals surface area contributed by atoms with E-state index in [2.05, 4.69) is 20.6 Å². The van der Waals surface area contributed by atoms with E-state index in [1.54, 1.807) is 6.92 Å². The van der Waals surface area contributed by atoms with Crippen molar-refractivity contribution in [2.24, 2.45) is 0 Å². The first-order valence-electron chi connectivity index (χ1n) is 6.93. The monoisotopic (exact) mass is 291 g/mol. The van der Waals surface area contributed by atoms with E-state index >= 15 is 0 Å². The minimum atomic E-state index is -0.483. The van der Waals surface area contributed by atoms with Crippen LogP contribution in [0.1, 0.15) is 45.0 Å². The highest BCUT2D eigenvalue weighted by Crippen LogP contribution is 2.25. The number of piperidine rings is 1. The van der Waals surface area contributed by atoms with E-state index in [9.17, 15) is 9.59 Å². The molecule has 1 aliphatic rings. The maximum atomic E-state index is 11.8. The standard InChI is InChI=1S/C14H21N5O2/c1-7-10(15)18-13(14(2,3)4)19-11(7)16-8-5-6-9(20)17-12(8)21/h8H,5-6H2,1-4H3,(H,17,20,21)(H3,15,16,18,19). The molecule has 7 heteroatoms. The van der Waals surface area contributed by atoms with Crippen LogP contribution >= 0.6 is 0 Å². The zero-order chi connectivity index (χ0) is 15.8. The van der Waals surface area contributed by atoms with Crippen LogP contribution in [0.3, 0.4) is 0 Å². The van der Waals surface area contributed by atoms with Gasteiger partial charge in [-0.15, -0.1) is 0 Å². The normalized spacial score (nSPS) is 19.3. The fraction of sp³-hybridized carbons (Fsp3) is 0.571. The van der Waals surface area contributed by atoms with Crippen LogP contribution in [0.2, 0.25) is 0 Å². The van der Waals surface area contributed by atoms with Gasteiger partial charge in [-0.05, 0) is 13.3 Å². The van der Waals surface area contributed by atoms with Crippen LogP contribution in [-0.4, -0.2) is 27.8 Å². The zero-order valence-electron chi connectivity index (χ0n) is 12.8. The first-order valence-corrected chi connectivity index (χ1v) is 6.93. The Hall–Kier alpha value is -2.18. The van der Waals surface area contributed by atoms with Crippen LogP contribution in [0.25, 0.3) is 0 Å². The minimum absolute atomic E-state index is 0.243. The molecule has 114 valence electrons. The maximum absolute atomic E-state index is 11.8.